The molecule has 0 aliphatic heterocycles. The molecule has 5 nitrogen and oxygen atoms in total. The van der Waals surface area contributed by atoms with Gasteiger partial charge in [-0.25, -0.2) is 4.79 Å². The Morgan fingerprint density at radius 3 is 2.28 bits per heavy atom. The van der Waals surface area contributed by atoms with Gasteiger partial charge >= 0.3 is 6.09 Å². The molecule has 25 heavy (non-hydrogen) atoms. The number of ether oxygens (including phenoxy) is 1. The maximum Gasteiger partial charge on any atom is 0.410 e. The van der Waals surface area contributed by atoms with E-state index < -0.39 is 6.09 Å². The Balaban J connectivity index is 2.08. The third-order valence-electron chi connectivity index (χ3n) is 3.82. The number of rotatable bonds is 7. The Kier molecular flexibility index (Phi) is 6.46. The van der Waals surface area contributed by atoms with Crippen molar-refractivity contribution in [1.82, 2.24) is 4.90 Å². The summed E-state index contributed by atoms with van der Waals surface area (Å²) in [7, 11) is 0. The second-order valence-electron chi connectivity index (χ2n) is 5.96. The number of nitrogens with zero attached hydrogens (tertiary/aromatic N) is 1. The smallest absolute Gasteiger partial charge is 0.410 e. The van der Waals surface area contributed by atoms with Crippen LogP contribution in [0.5, 0.6) is 0 Å². The van der Waals surface area contributed by atoms with Gasteiger partial charge in [-0.2, -0.15) is 0 Å². The summed E-state index contributed by atoms with van der Waals surface area (Å²) in [6.07, 6.45) is 0.855. The Labute approximate surface area is 147 Å². The quantitative estimate of drug-likeness (QED) is 0.719. The number of benzene rings is 2. The van der Waals surface area contributed by atoms with Crippen LogP contribution in [0.25, 0.3) is 0 Å². The van der Waals surface area contributed by atoms with Crippen LogP contribution < -0.4 is 0 Å². The predicted molar refractivity (Wildman–Crippen MR) is 94.5 cm³/mol. The lowest BCUT2D eigenvalue weighted by atomic mass is 10.1. The van der Waals surface area contributed by atoms with E-state index in [0.29, 0.717) is 30.2 Å². The summed E-state index contributed by atoms with van der Waals surface area (Å²) in [5, 5.41) is 0. The molecule has 0 saturated heterocycles. The van der Waals surface area contributed by atoms with E-state index in [0.717, 1.165) is 11.1 Å². The molecule has 1 amide bonds. The van der Waals surface area contributed by atoms with Crippen molar-refractivity contribution in [2.45, 2.75) is 33.0 Å². The highest BCUT2D eigenvalue weighted by molar-refractivity contribution is 5.90. The van der Waals surface area contributed by atoms with Crippen LogP contribution in [0, 0.1) is 0 Å². The van der Waals surface area contributed by atoms with Crippen molar-refractivity contribution in [3.05, 3.63) is 70.8 Å². The van der Waals surface area contributed by atoms with E-state index in [-0.39, 0.29) is 12.6 Å². The minimum Gasteiger partial charge on any atom is -0.445 e. The van der Waals surface area contributed by atoms with E-state index in [1.807, 2.05) is 44.2 Å². The minimum absolute atomic E-state index is 0.0753. The Bertz CT molecular complexity index is 741. The fraction of sp³-hybridized carbons (Fsp3) is 0.250. The van der Waals surface area contributed by atoms with Crippen LogP contribution in [-0.2, 0) is 17.9 Å². The standard InChI is InChI=1S/C20H21NO4/c1-15(2)21(20(24)25-14-16-6-4-3-5-7-16)11-17-8-9-18(12-22)19(10-17)13-23/h3-10,12-13,15H,11,14H2,1-2H3. The molecule has 0 saturated carbocycles. The number of carbonyl (C=O) groups is 3. The summed E-state index contributed by atoms with van der Waals surface area (Å²) >= 11 is 0. The summed E-state index contributed by atoms with van der Waals surface area (Å²) in [5.74, 6) is 0. The summed E-state index contributed by atoms with van der Waals surface area (Å²) in [4.78, 5) is 36.0. The van der Waals surface area contributed by atoms with Crippen LogP contribution in [0.15, 0.2) is 48.5 Å². The predicted octanol–water partition coefficient (Wildman–Crippen LogP) is 3.86. The summed E-state index contributed by atoms with van der Waals surface area (Å²) in [5.41, 5.74) is 2.33. The van der Waals surface area contributed by atoms with Gasteiger partial charge in [0, 0.05) is 23.7 Å². The van der Waals surface area contributed by atoms with E-state index in [1.165, 1.54) is 0 Å². The maximum atomic E-state index is 12.4. The fourth-order valence-corrected chi connectivity index (χ4v) is 2.39. The van der Waals surface area contributed by atoms with E-state index in [2.05, 4.69) is 0 Å². The van der Waals surface area contributed by atoms with Crippen LogP contribution in [-0.4, -0.2) is 29.6 Å². The van der Waals surface area contributed by atoms with Crippen molar-refractivity contribution in [1.29, 1.82) is 0 Å². The Morgan fingerprint density at radius 1 is 1.00 bits per heavy atom. The number of aldehydes is 2. The highest BCUT2D eigenvalue weighted by Gasteiger charge is 2.19. The van der Waals surface area contributed by atoms with Crippen molar-refractivity contribution in [2.24, 2.45) is 0 Å². The zero-order valence-electron chi connectivity index (χ0n) is 14.3. The van der Waals surface area contributed by atoms with Crippen LogP contribution in [0.4, 0.5) is 4.79 Å². The van der Waals surface area contributed by atoms with Crippen LogP contribution in [0.1, 0.15) is 45.7 Å². The highest BCUT2D eigenvalue weighted by Crippen LogP contribution is 2.14. The zero-order valence-corrected chi connectivity index (χ0v) is 14.3. The molecule has 2 aromatic rings. The summed E-state index contributed by atoms with van der Waals surface area (Å²) < 4.78 is 5.39. The molecule has 0 heterocycles. The van der Waals surface area contributed by atoms with E-state index >= 15 is 0 Å². The molecule has 0 aliphatic carbocycles. The molecule has 0 aliphatic rings. The molecule has 0 radical (unpaired) electrons. The number of hydrogen-bond donors (Lipinski definition) is 0. The lowest BCUT2D eigenvalue weighted by molar-refractivity contribution is 0.0828. The molecule has 0 fully saturated rings. The molecule has 0 spiro atoms. The molecule has 2 aromatic carbocycles. The molecule has 0 unspecified atom stereocenters. The van der Waals surface area contributed by atoms with Gasteiger partial charge in [-0.15, -0.1) is 0 Å². The normalized spacial score (nSPS) is 10.4. The first-order chi connectivity index (χ1) is 12.0. The molecule has 5 heteroatoms. The average Bonchev–Trinajstić information content (AvgIpc) is 2.64. The number of hydrogen-bond acceptors (Lipinski definition) is 4. The second-order valence-corrected chi connectivity index (χ2v) is 5.96. The van der Waals surface area contributed by atoms with Gasteiger partial charge in [0.15, 0.2) is 12.6 Å². The first kappa shape index (κ1) is 18.4. The average molecular weight is 339 g/mol. The molecule has 2 rings (SSSR count). The van der Waals surface area contributed by atoms with Gasteiger partial charge < -0.3 is 9.64 Å². The molecule has 0 atom stereocenters. The van der Waals surface area contributed by atoms with Crippen molar-refractivity contribution < 1.29 is 19.1 Å². The van der Waals surface area contributed by atoms with Crippen LogP contribution in [0.2, 0.25) is 0 Å². The first-order valence-electron chi connectivity index (χ1n) is 8.05. The van der Waals surface area contributed by atoms with Gasteiger partial charge in [0.2, 0.25) is 0 Å². The van der Waals surface area contributed by atoms with E-state index in [4.69, 9.17) is 4.74 Å². The third-order valence-corrected chi connectivity index (χ3v) is 3.82. The van der Waals surface area contributed by atoms with E-state index in [9.17, 15) is 14.4 Å². The summed E-state index contributed by atoms with van der Waals surface area (Å²) in [6, 6.07) is 14.3. The number of amides is 1. The molecule has 0 bridgehead atoms. The second kappa shape index (κ2) is 8.78. The fourth-order valence-electron chi connectivity index (χ4n) is 2.39. The van der Waals surface area contributed by atoms with Gasteiger partial charge in [-0.1, -0.05) is 42.5 Å². The summed E-state index contributed by atoms with van der Waals surface area (Å²) in [6.45, 7) is 4.28. The van der Waals surface area contributed by atoms with Gasteiger partial charge in [0.1, 0.15) is 6.61 Å². The van der Waals surface area contributed by atoms with Crippen LogP contribution in [0.3, 0.4) is 0 Å². The highest BCUT2D eigenvalue weighted by atomic mass is 16.6. The van der Waals surface area contributed by atoms with Gasteiger partial charge in [-0.05, 0) is 31.0 Å². The molecular weight excluding hydrogens is 318 g/mol. The monoisotopic (exact) mass is 339 g/mol. The van der Waals surface area contributed by atoms with Gasteiger partial charge in [0.25, 0.3) is 0 Å². The molecular formula is C20H21NO4. The molecule has 130 valence electrons. The maximum absolute atomic E-state index is 12.4. The third kappa shape index (κ3) is 5.01. The largest absolute Gasteiger partial charge is 0.445 e. The van der Waals surface area contributed by atoms with Crippen molar-refractivity contribution in [3.63, 3.8) is 0 Å². The van der Waals surface area contributed by atoms with Crippen LogP contribution >= 0.6 is 0 Å². The first-order valence-corrected chi connectivity index (χ1v) is 8.05. The SMILES string of the molecule is CC(C)N(Cc1ccc(C=O)c(C=O)c1)C(=O)OCc1ccccc1. The van der Waals surface area contributed by atoms with Gasteiger partial charge in [-0.3, -0.25) is 9.59 Å². The van der Waals surface area contributed by atoms with Crippen molar-refractivity contribution in [2.75, 3.05) is 0 Å². The minimum atomic E-state index is -0.425. The van der Waals surface area contributed by atoms with E-state index in [1.54, 1.807) is 23.1 Å². The Hall–Kier alpha value is -2.95. The lowest BCUT2D eigenvalue weighted by Gasteiger charge is -2.26. The number of carbonyl (C=O) groups excluding carboxylic acids is 3. The zero-order chi connectivity index (χ0) is 18.2. The van der Waals surface area contributed by atoms with Crippen molar-refractivity contribution in [3.8, 4) is 0 Å². The van der Waals surface area contributed by atoms with Crippen molar-refractivity contribution >= 4 is 18.7 Å². The topological polar surface area (TPSA) is 63.7 Å². The lowest BCUT2D eigenvalue weighted by Crippen LogP contribution is -2.36. The Morgan fingerprint density at radius 2 is 1.68 bits per heavy atom. The molecule has 0 aromatic heterocycles. The van der Waals surface area contributed by atoms with Gasteiger partial charge in [0.05, 0.1) is 0 Å². The molecule has 0 N–H and O–H groups in total.